The molecule has 0 unspecified atom stereocenters. The fourth-order valence-corrected chi connectivity index (χ4v) is 6.35. The highest BCUT2D eigenvalue weighted by Gasteiger charge is 2.64. The first-order valence-electron chi connectivity index (χ1n) is 10.4. The van der Waals surface area contributed by atoms with E-state index in [2.05, 4.69) is 66.9 Å². The van der Waals surface area contributed by atoms with Crippen LogP contribution in [0.5, 0.6) is 0 Å². The lowest BCUT2D eigenvalue weighted by Gasteiger charge is -2.70. The quantitative estimate of drug-likeness (QED) is 0.846. The second-order valence-corrected chi connectivity index (χ2v) is 9.30. The Morgan fingerprint density at radius 1 is 0.923 bits per heavy atom. The number of anilines is 1. The summed E-state index contributed by atoms with van der Waals surface area (Å²) >= 11 is 0. The molecular weight excluding hydrogens is 322 g/mol. The Balaban J connectivity index is 1.66. The number of aliphatic hydroxyl groups is 1. The zero-order valence-electron chi connectivity index (χ0n) is 16.9. The molecule has 4 aliphatic rings. The number of aliphatic hydroxyl groups excluding tert-OH is 1. The molecular formula is C22H35N3O. The van der Waals surface area contributed by atoms with Crippen molar-refractivity contribution in [2.45, 2.75) is 51.8 Å². The second kappa shape index (κ2) is 6.50. The van der Waals surface area contributed by atoms with Crippen molar-refractivity contribution in [1.29, 1.82) is 0 Å². The van der Waals surface area contributed by atoms with Gasteiger partial charge in [0.05, 0.1) is 12.3 Å². The molecule has 0 spiro atoms. The Morgan fingerprint density at radius 2 is 1.38 bits per heavy atom. The molecule has 0 radical (unpaired) electrons. The molecule has 0 aliphatic carbocycles. The molecule has 4 bridgehead atoms. The van der Waals surface area contributed by atoms with Crippen molar-refractivity contribution in [3.05, 3.63) is 29.8 Å². The van der Waals surface area contributed by atoms with Crippen LogP contribution < -0.4 is 4.90 Å². The van der Waals surface area contributed by atoms with Crippen molar-refractivity contribution in [3.8, 4) is 0 Å². The predicted molar refractivity (Wildman–Crippen MR) is 107 cm³/mol. The summed E-state index contributed by atoms with van der Waals surface area (Å²) in [5, 5.41) is 11.4. The maximum atomic E-state index is 11.4. The Hall–Kier alpha value is -1.10. The average Bonchev–Trinajstić information content (AvgIpc) is 2.59. The molecule has 1 aromatic rings. The van der Waals surface area contributed by atoms with Crippen molar-refractivity contribution < 1.29 is 5.11 Å². The largest absolute Gasteiger partial charge is 0.392 e. The van der Waals surface area contributed by atoms with E-state index in [0.717, 1.165) is 51.9 Å². The van der Waals surface area contributed by atoms with E-state index in [1.54, 1.807) is 0 Å². The van der Waals surface area contributed by atoms with E-state index in [-0.39, 0.29) is 16.9 Å². The van der Waals surface area contributed by atoms with Crippen LogP contribution in [-0.4, -0.2) is 61.3 Å². The summed E-state index contributed by atoms with van der Waals surface area (Å²) < 4.78 is 0. The molecule has 144 valence electrons. The number of nitrogens with zero attached hydrogens (tertiary/aromatic N) is 3. The van der Waals surface area contributed by atoms with Crippen LogP contribution in [0.15, 0.2) is 24.3 Å². The van der Waals surface area contributed by atoms with Gasteiger partial charge in [-0.1, -0.05) is 38.8 Å². The van der Waals surface area contributed by atoms with Gasteiger partial charge in [0.15, 0.2) is 0 Å². The van der Waals surface area contributed by atoms with Crippen molar-refractivity contribution in [3.63, 3.8) is 0 Å². The number of piperidine rings is 2. The molecule has 4 fully saturated rings. The summed E-state index contributed by atoms with van der Waals surface area (Å²) in [5.41, 5.74) is 2.80. The van der Waals surface area contributed by atoms with E-state index in [1.807, 2.05) is 0 Å². The van der Waals surface area contributed by atoms with E-state index in [4.69, 9.17) is 0 Å². The monoisotopic (exact) mass is 357 g/mol. The average molecular weight is 358 g/mol. The van der Waals surface area contributed by atoms with E-state index in [0.29, 0.717) is 6.17 Å². The topological polar surface area (TPSA) is 30.0 Å². The fraction of sp³-hybridized carbons (Fsp3) is 0.727. The van der Waals surface area contributed by atoms with Crippen LogP contribution in [0, 0.1) is 10.8 Å². The molecule has 0 atom stereocenters. The highest BCUT2D eigenvalue weighted by Crippen LogP contribution is 2.57. The minimum atomic E-state index is -0.139. The molecule has 0 saturated carbocycles. The number of hydrogen-bond donors (Lipinski definition) is 1. The lowest BCUT2D eigenvalue weighted by atomic mass is 9.56. The normalized spacial score (nSPS) is 40.8. The molecule has 4 heterocycles. The number of rotatable bonds is 6. The first-order chi connectivity index (χ1) is 12.4. The molecule has 0 amide bonds. The van der Waals surface area contributed by atoms with Gasteiger partial charge in [-0.2, -0.15) is 0 Å². The molecule has 1 N–H and O–H groups in total. The SMILES string of the molecule is CCCC12CN3CC(CCC)(CN(C1)C3c1ccc(N(C)C)cc1)C2O. The predicted octanol–water partition coefficient (Wildman–Crippen LogP) is 3.33. The Kier molecular flexibility index (Phi) is 4.57. The van der Waals surface area contributed by atoms with Gasteiger partial charge >= 0.3 is 0 Å². The summed E-state index contributed by atoms with van der Waals surface area (Å²) in [5.74, 6) is 0. The van der Waals surface area contributed by atoms with Crippen molar-refractivity contribution in [1.82, 2.24) is 9.80 Å². The summed E-state index contributed by atoms with van der Waals surface area (Å²) in [4.78, 5) is 7.51. The van der Waals surface area contributed by atoms with E-state index >= 15 is 0 Å². The van der Waals surface area contributed by atoms with Crippen molar-refractivity contribution >= 4 is 5.69 Å². The highest BCUT2D eigenvalue weighted by atomic mass is 16.3. The number of benzene rings is 1. The van der Waals surface area contributed by atoms with Crippen LogP contribution in [0.3, 0.4) is 0 Å². The van der Waals surface area contributed by atoms with Crippen molar-refractivity contribution in [2.24, 2.45) is 10.8 Å². The summed E-state index contributed by atoms with van der Waals surface area (Å²) in [7, 11) is 4.19. The smallest absolute Gasteiger partial charge is 0.0887 e. The van der Waals surface area contributed by atoms with E-state index in [9.17, 15) is 5.11 Å². The van der Waals surface area contributed by atoms with E-state index in [1.165, 1.54) is 11.3 Å². The van der Waals surface area contributed by atoms with Gasteiger partial charge in [0.2, 0.25) is 0 Å². The van der Waals surface area contributed by atoms with Gasteiger partial charge in [-0.05, 0) is 30.5 Å². The van der Waals surface area contributed by atoms with Gasteiger partial charge in [-0.15, -0.1) is 0 Å². The molecule has 5 rings (SSSR count). The van der Waals surface area contributed by atoms with Crippen LogP contribution in [-0.2, 0) is 0 Å². The van der Waals surface area contributed by atoms with Crippen LogP contribution in [0.1, 0.15) is 51.3 Å². The highest BCUT2D eigenvalue weighted by molar-refractivity contribution is 5.46. The van der Waals surface area contributed by atoms with E-state index < -0.39 is 0 Å². The van der Waals surface area contributed by atoms with Gasteiger partial charge in [0.1, 0.15) is 0 Å². The van der Waals surface area contributed by atoms with Gasteiger partial charge in [-0.3, -0.25) is 9.80 Å². The van der Waals surface area contributed by atoms with Gasteiger partial charge in [0, 0.05) is 56.8 Å². The third kappa shape index (κ3) is 2.61. The Labute approximate surface area is 158 Å². The molecule has 0 aromatic heterocycles. The van der Waals surface area contributed by atoms with Crippen LogP contribution in [0.2, 0.25) is 0 Å². The standard InChI is InChI=1S/C22H35N3O/c1-5-11-21-13-24-15-22(12-6-2,20(21)26)16-25(14-21)19(24)17-7-9-18(10-8-17)23(3)4/h7-10,19-20,26H,5-6,11-16H2,1-4H3. The minimum absolute atomic E-state index is 0.0699. The van der Waals surface area contributed by atoms with Gasteiger partial charge < -0.3 is 10.0 Å². The van der Waals surface area contributed by atoms with Gasteiger partial charge in [-0.25, -0.2) is 0 Å². The third-order valence-electron chi connectivity index (χ3n) is 7.13. The Bertz CT molecular complexity index is 599. The van der Waals surface area contributed by atoms with Crippen molar-refractivity contribution in [2.75, 3.05) is 45.2 Å². The molecule has 1 aromatic carbocycles. The Morgan fingerprint density at radius 3 is 1.77 bits per heavy atom. The molecule has 26 heavy (non-hydrogen) atoms. The maximum Gasteiger partial charge on any atom is 0.0887 e. The van der Waals surface area contributed by atoms with Crippen LogP contribution >= 0.6 is 0 Å². The summed E-state index contributed by atoms with van der Waals surface area (Å²) in [6.45, 7) is 8.71. The molecule has 4 nitrogen and oxygen atoms in total. The lowest BCUT2D eigenvalue weighted by molar-refractivity contribution is -0.268. The maximum absolute atomic E-state index is 11.4. The lowest BCUT2D eigenvalue weighted by Crippen LogP contribution is -2.78. The zero-order chi connectivity index (χ0) is 18.5. The van der Waals surface area contributed by atoms with Crippen LogP contribution in [0.4, 0.5) is 5.69 Å². The molecule has 4 aliphatic heterocycles. The summed E-state index contributed by atoms with van der Waals surface area (Å²) in [6.07, 6.45) is 4.83. The molecule has 4 heteroatoms. The minimum Gasteiger partial charge on any atom is -0.392 e. The fourth-order valence-electron chi connectivity index (χ4n) is 6.35. The second-order valence-electron chi connectivity index (χ2n) is 9.30. The third-order valence-corrected chi connectivity index (χ3v) is 7.13. The zero-order valence-corrected chi connectivity index (χ0v) is 16.9. The first kappa shape index (κ1) is 18.3. The van der Waals surface area contributed by atoms with Crippen LogP contribution in [0.25, 0.3) is 0 Å². The molecule has 4 saturated heterocycles. The number of hydrogen-bond acceptors (Lipinski definition) is 4. The summed E-state index contributed by atoms with van der Waals surface area (Å²) in [6, 6.07) is 9.08. The first-order valence-corrected chi connectivity index (χ1v) is 10.4. The van der Waals surface area contributed by atoms with Gasteiger partial charge in [0.25, 0.3) is 0 Å².